The molecule has 5 heteroatoms. The van der Waals surface area contributed by atoms with Crippen LogP contribution in [-0.2, 0) is 13.7 Å². The molecule has 1 heterocycles. The van der Waals surface area contributed by atoms with Crippen molar-refractivity contribution in [1.82, 2.24) is 0 Å². The van der Waals surface area contributed by atoms with E-state index in [1.165, 1.54) is 10.4 Å². The van der Waals surface area contributed by atoms with Crippen molar-refractivity contribution in [3.63, 3.8) is 0 Å². The van der Waals surface area contributed by atoms with Gasteiger partial charge >= 0.3 is 7.12 Å². The monoisotopic (exact) mass is 422 g/mol. The minimum Gasteiger partial charge on any atom is -0.404 e. The highest BCUT2D eigenvalue weighted by Crippen LogP contribution is 2.38. The smallest absolute Gasteiger partial charge is 0.404 e. The maximum Gasteiger partial charge on any atom is 0.486 e. The van der Waals surface area contributed by atoms with E-state index in [1.807, 2.05) is 12.1 Å². The summed E-state index contributed by atoms with van der Waals surface area (Å²) in [5, 5.41) is 2.54. The molecule has 1 fully saturated rings. The number of rotatable bonds is 6. The third-order valence-electron chi connectivity index (χ3n) is 6.38. The molecular formula is C25H35BO3Si. The molecule has 1 saturated heterocycles. The quantitative estimate of drug-likeness (QED) is 0.629. The predicted octanol–water partition coefficient (Wildman–Crippen LogP) is 4.75. The van der Waals surface area contributed by atoms with Crippen molar-refractivity contribution < 1.29 is 13.7 Å². The van der Waals surface area contributed by atoms with Gasteiger partial charge < -0.3 is 13.7 Å². The molecule has 0 bridgehead atoms. The molecule has 1 aliphatic rings. The molecule has 160 valence electrons. The molecule has 0 unspecified atom stereocenters. The van der Waals surface area contributed by atoms with Gasteiger partial charge in [0, 0.05) is 0 Å². The molecule has 0 radical (unpaired) electrons. The van der Waals surface area contributed by atoms with Crippen molar-refractivity contribution >= 4 is 25.8 Å². The van der Waals surface area contributed by atoms with Crippen LogP contribution in [0.25, 0.3) is 0 Å². The van der Waals surface area contributed by atoms with Crippen LogP contribution in [0.5, 0.6) is 0 Å². The van der Waals surface area contributed by atoms with Crippen LogP contribution in [0, 0.1) is 0 Å². The highest BCUT2D eigenvalue weighted by molar-refractivity contribution is 6.99. The summed E-state index contributed by atoms with van der Waals surface area (Å²) in [5.74, 6) is 1.98. The second kappa shape index (κ2) is 8.47. The van der Waals surface area contributed by atoms with Gasteiger partial charge in [0.1, 0.15) is 0 Å². The zero-order valence-electron chi connectivity index (χ0n) is 19.4. The SMILES string of the molecule is CC1(C)OB(C=CCO[Si](c2ccccc2)(c2ccccc2)C(C)(C)C)OC1(C)C. The van der Waals surface area contributed by atoms with Gasteiger partial charge in [-0.15, -0.1) is 0 Å². The van der Waals surface area contributed by atoms with Crippen molar-refractivity contribution in [3.05, 3.63) is 72.7 Å². The number of benzene rings is 2. The van der Waals surface area contributed by atoms with Crippen LogP contribution in [0.2, 0.25) is 5.04 Å². The molecule has 3 rings (SSSR count). The third-order valence-corrected chi connectivity index (χ3v) is 11.4. The van der Waals surface area contributed by atoms with Gasteiger partial charge in [-0.2, -0.15) is 0 Å². The van der Waals surface area contributed by atoms with Crippen LogP contribution in [0.4, 0.5) is 0 Å². The molecule has 0 saturated carbocycles. The first kappa shape index (κ1) is 23.0. The Morgan fingerprint density at radius 2 is 1.27 bits per heavy atom. The van der Waals surface area contributed by atoms with E-state index in [0.717, 1.165) is 0 Å². The molecule has 0 amide bonds. The van der Waals surface area contributed by atoms with Crippen LogP contribution >= 0.6 is 0 Å². The van der Waals surface area contributed by atoms with Crippen molar-refractivity contribution in [2.75, 3.05) is 6.61 Å². The van der Waals surface area contributed by atoms with Crippen LogP contribution in [0.3, 0.4) is 0 Å². The fourth-order valence-electron chi connectivity index (χ4n) is 4.07. The average molecular weight is 422 g/mol. The first-order valence-corrected chi connectivity index (χ1v) is 12.7. The molecule has 1 aliphatic heterocycles. The Bertz CT molecular complexity index is 801. The average Bonchev–Trinajstić information content (AvgIpc) is 2.89. The molecule has 0 spiro atoms. The minimum absolute atomic E-state index is 0.0338. The van der Waals surface area contributed by atoms with E-state index in [4.69, 9.17) is 13.7 Å². The Morgan fingerprint density at radius 3 is 1.67 bits per heavy atom. The summed E-state index contributed by atoms with van der Waals surface area (Å²) in [4.78, 5) is 0. The van der Waals surface area contributed by atoms with E-state index in [2.05, 4.69) is 109 Å². The number of hydrogen-bond donors (Lipinski definition) is 0. The van der Waals surface area contributed by atoms with Gasteiger partial charge in [0.2, 0.25) is 0 Å². The largest absolute Gasteiger partial charge is 0.486 e. The van der Waals surface area contributed by atoms with E-state index >= 15 is 0 Å². The summed E-state index contributed by atoms with van der Waals surface area (Å²) in [6.45, 7) is 15.7. The lowest BCUT2D eigenvalue weighted by molar-refractivity contribution is 0.00578. The van der Waals surface area contributed by atoms with Gasteiger partial charge in [0.25, 0.3) is 8.32 Å². The molecule has 3 nitrogen and oxygen atoms in total. The second-order valence-corrected chi connectivity index (χ2v) is 14.3. The summed E-state index contributed by atoms with van der Waals surface area (Å²) in [6, 6.07) is 21.4. The fraction of sp³-hybridized carbons (Fsp3) is 0.440. The van der Waals surface area contributed by atoms with Crippen molar-refractivity contribution in [3.8, 4) is 0 Å². The first-order chi connectivity index (χ1) is 14.0. The van der Waals surface area contributed by atoms with Crippen molar-refractivity contribution in [2.45, 2.75) is 64.7 Å². The summed E-state index contributed by atoms with van der Waals surface area (Å²) in [5.41, 5.74) is -0.665. The lowest BCUT2D eigenvalue weighted by Crippen LogP contribution is -2.66. The Morgan fingerprint density at radius 1 is 0.833 bits per heavy atom. The standard InChI is InChI=1S/C25H35BO3Si/c1-23(2,3)30(21-15-10-8-11-16-21,22-17-12-9-13-18-22)27-20-14-19-26-28-24(4,5)25(6,7)29-26/h8-19H,20H2,1-7H3. The van der Waals surface area contributed by atoms with Crippen molar-refractivity contribution in [2.24, 2.45) is 0 Å². The number of hydrogen-bond acceptors (Lipinski definition) is 3. The summed E-state index contributed by atoms with van der Waals surface area (Å²) in [7, 11) is -2.86. The van der Waals surface area contributed by atoms with E-state index in [9.17, 15) is 0 Å². The summed E-state index contributed by atoms with van der Waals surface area (Å²) < 4.78 is 19.0. The van der Waals surface area contributed by atoms with Crippen LogP contribution in [0.1, 0.15) is 48.5 Å². The van der Waals surface area contributed by atoms with Crippen LogP contribution < -0.4 is 10.4 Å². The highest BCUT2D eigenvalue weighted by atomic mass is 28.4. The molecule has 30 heavy (non-hydrogen) atoms. The second-order valence-electron chi connectivity index (χ2n) is 10.0. The van der Waals surface area contributed by atoms with E-state index < -0.39 is 8.32 Å². The van der Waals surface area contributed by atoms with Gasteiger partial charge in [0.15, 0.2) is 0 Å². The van der Waals surface area contributed by atoms with Gasteiger partial charge in [0.05, 0.1) is 17.8 Å². The van der Waals surface area contributed by atoms with E-state index in [0.29, 0.717) is 6.61 Å². The van der Waals surface area contributed by atoms with Crippen LogP contribution in [-0.4, -0.2) is 33.2 Å². The Labute approximate surface area is 183 Å². The fourth-order valence-corrected chi connectivity index (χ4v) is 8.57. The summed E-state index contributed by atoms with van der Waals surface area (Å²) >= 11 is 0. The molecule has 0 N–H and O–H groups in total. The Hall–Kier alpha value is -1.66. The Kier molecular flexibility index (Phi) is 6.49. The normalized spacial score (nSPS) is 18.8. The molecule has 0 aromatic heterocycles. The predicted molar refractivity (Wildman–Crippen MR) is 129 cm³/mol. The summed E-state index contributed by atoms with van der Waals surface area (Å²) in [6.07, 6.45) is 2.04. The van der Waals surface area contributed by atoms with Crippen LogP contribution in [0.15, 0.2) is 72.7 Å². The van der Waals surface area contributed by atoms with Gasteiger partial charge in [-0.25, -0.2) is 0 Å². The van der Waals surface area contributed by atoms with Gasteiger partial charge in [-0.05, 0) is 43.1 Å². The van der Waals surface area contributed by atoms with Gasteiger partial charge in [-0.3, -0.25) is 0 Å². The maximum atomic E-state index is 6.87. The van der Waals surface area contributed by atoms with E-state index in [-0.39, 0.29) is 23.4 Å². The lowest BCUT2D eigenvalue weighted by atomic mass is 9.90. The van der Waals surface area contributed by atoms with Gasteiger partial charge in [-0.1, -0.05) is 93.5 Å². The molecule has 0 aliphatic carbocycles. The Balaban J connectivity index is 1.88. The topological polar surface area (TPSA) is 27.7 Å². The zero-order valence-corrected chi connectivity index (χ0v) is 20.4. The molecule has 2 aromatic rings. The third kappa shape index (κ3) is 4.35. The van der Waals surface area contributed by atoms with E-state index in [1.54, 1.807) is 0 Å². The molecular weight excluding hydrogens is 387 g/mol. The molecule has 2 aromatic carbocycles. The maximum absolute atomic E-state index is 6.87. The first-order valence-electron chi connectivity index (χ1n) is 10.8. The minimum atomic E-state index is -2.52. The van der Waals surface area contributed by atoms with Crippen molar-refractivity contribution in [1.29, 1.82) is 0 Å². The molecule has 0 atom stereocenters. The zero-order chi connectivity index (χ0) is 22.0. The lowest BCUT2D eigenvalue weighted by Gasteiger charge is -2.42. The highest BCUT2D eigenvalue weighted by Gasteiger charge is 2.51.